The van der Waals surface area contributed by atoms with Crippen LogP contribution in [0.2, 0.25) is 0 Å². The average Bonchev–Trinajstić information content (AvgIpc) is 1.36. The number of methoxy groups -OCH3 is 1. The number of carbonyl (C=O) groups excluding carboxylic acids is 6. The number of amides is 6. The molecule has 0 unspecified atom stereocenters. The Morgan fingerprint density at radius 2 is 0.727 bits per heavy atom. The van der Waals surface area contributed by atoms with E-state index in [1.54, 1.807) is 195 Å². The number of nitrogens with two attached hydrogens (primary N) is 6. The molecule has 0 saturated carbocycles. The third-order valence-corrected chi connectivity index (χ3v) is 17.0. The molecule has 23 heteroatoms. The zero-order valence-electron chi connectivity index (χ0n) is 60.2. The predicted molar refractivity (Wildman–Crippen MR) is 445 cm³/mol. The largest absolute Gasteiger partial charge is 0.497 e. The molecule has 0 fully saturated rings. The van der Waals surface area contributed by atoms with Crippen LogP contribution in [0.5, 0.6) is 5.75 Å². The minimum Gasteiger partial charge on any atom is -0.497 e. The Morgan fingerprint density at radius 1 is 0.373 bits per heavy atom. The van der Waals surface area contributed by atoms with Gasteiger partial charge in [0.2, 0.25) is 0 Å². The molecule has 13 aromatic rings. The number of fused-ring (bicyclic) bond motifs is 1. The monoisotopic (exact) mass is 1540 g/mol. The van der Waals surface area contributed by atoms with Crippen molar-refractivity contribution >= 4 is 145 Å². The lowest BCUT2D eigenvalue weighted by atomic mass is 10.0. The van der Waals surface area contributed by atoms with Crippen LogP contribution in [0, 0.1) is 6.92 Å². The normalized spacial score (nSPS) is 10.9. The van der Waals surface area contributed by atoms with Gasteiger partial charge >= 0.3 is 0 Å². The highest BCUT2D eigenvalue weighted by atomic mass is 79.9. The zero-order valence-corrected chi connectivity index (χ0v) is 62.6. The van der Waals surface area contributed by atoms with Gasteiger partial charge in [0, 0.05) is 29.7 Å². The van der Waals surface area contributed by atoms with Gasteiger partial charge in [-0.15, -0.1) is 11.3 Å². The van der Waals surface area contributed by atoms with Gasteiger partial charge in [-0.25, -0.2) is 0 Å². The fourth-order valence-electron chi connectivity index (χ4n) is 9.83. The van der Waals surface area contributed by atoms with Crippen LogP contribution < -0.4 is 39.1 Å². The number of carbonyl (C=O) groups is 6. The first-order chi connectivity index (χ1) is 53.1. The van der Waals surface area contributed by atoms with Crippen molar-refractivity contribution in [3.63, 3.8) is 0 Å². The van der Waals surface area contributed by atoms with Crippen molar-refractivity contribution in [1.82, 2.24) is 0 Å². The number of aliphatic imine (C=N–C) groups is 6. The van der Waals surface area contributed by atoms with Gasteiger partial charge < -0.3 is 48.0 Å². The molecule has 0 aliphatic heterocycles. The lowest BCUT2D eigenvalue weighted by Crippen LogP contribution is -2.10. The summed E-state index contributed by atoms with van der Waals surface area (Å²) in [7, 11) is 1.62. The second kappa shape index (κ2) is 42.1. The number of aryl methyl sites for hydroxylation is 1. The van der Waals surface area contributed by atoms with E-state index in [-0.39, 0.29) is 0 Å². The maximum atomic E-state index is 11.4. The molecule has 0 aliphatic carbocycles. The number of ether oxygens (including phenoxy) is 1. The van der Waals surface area contributed by atoms with Gasteiger partial charge in [0.1, 0.15) is 23.0 Å². The van der Waals surface area contributed by atoms with Crippen molar-refractivity contribution in [1.29, 1.82) is 0 Å². The maximum Gasteiger partial charge on any atom is 0.250 e. The molecular formula is C87H77BrN12O9S. The average molecular weight is 1550 g/mol. The summed E-state index contributed by atoms with van der Waals surface area (Å²) in [4.78, 5) is 94.0. The number of rotatable bonds is 20. The molecular weight excluding hydrogens is 1470 g/mol. The Kier molecular flexibility index (Phi) is 31.2. The first-order valence-corrected chi connectivity index (χ1v) is 35.4. The topological polar surface area (TPSA) is 368 Å². The zero-order chi connectivity index (χ0) is 78.7. The Morgan fingerprint density at radius 3 is 1.08 bits per heavy atom. The molecule has 0 atom stereocenters. The van der Waals surface area contributed by atoms with E-state index in [0.717, 1.165) is 42.2 Å². The van der Waals surface area contributed by atoms with Gasteiger partial charge in [0.25, 0.3) is 35.4 Å². The fraction of sp³-hybridized carbons (Fsp3) is 0.0575. The molecule has 21 nitrogen and oxygen atoms in total. The van der Waals surface area contributed by atoms with Crippen molar-refractivity contribution in [3.05, 3.63) is 361 Å². The number of nitrogens with zero attached hydrogens (tertiary/aromatic N) is 6. The number of thiophene rings is 1. The minimum absolute atomic E-state index is 0.394. The Labute approximate surface area is 648 Å². The van der Waals surface area contributed by atoms with Crippen LogP contribution in [-0.2, 0) is 0 Å². The fourth-order valence-corrected chi connectivity index (χ4v) is 11.1. The molecule has 12 N–H and O–H groups in total. The van der Waals surface area contributed by atoms with E-state index >= 15 is 0 Å². The predicted octanol–water partition coefficient (Wildman–Crippen LogP) is 17.8. The highest BCUT2D eigenvalue weighted by Gasteiger charge is 2.11. The number of para-hydroxylation sites is 6. The first kappa shape index (κ1) is 81.5. The summed E-state index contributed by atoms with van der Waals surface area (Å²) >= 11 is 4.95. The second-order valence-electron chi connectivity index (χ2n) is 23.6. The molecule has 0 saturated heterocycles. The molecule has 552 valence electrons. The SMILES string of the molecule is CC(C)c1ccc(C=Nc2ccccc2C(N)=O)cc1.COc1ccc(C=Nc2ccccc2C(N)=O)cc1.Cc1ccc(C=Nc2ccccc2C(N)=O)o1.NC(=O)c1ccccc1N=Cc1ccc(Br)s1.NC(=O)c1ccccc1N=Cc1ccc2ccccc2c1.NC(=O)c1ccccc1N=Cc1ccco1. The molecule has 3 heterocycles. The highest BCUT2D eigenvalue weighted by Crippen LogP contribution is 2.26. The molecule has 0 spiro atoms. The minimum atomic E-state index is -0.493. The molecule has 6 amide bonds. The third kappa shape index (κ3) is 25.9. The summed E-state index contributed by atoms with van der Waals surface area (Å²) in [6.07, 6.45) is 11.6. The van der Waals surface area contributed by atoms with Crippen LogP contribution in [0.3, 0.4) is 0 Å². The van der Waals surface area contributed by atoms with Gasteiger partial charge in [-0.1, -0.05) is 147 Å². The third-order valence-electron chi connectivity index (χ3n) is 15.5. The number of hydrogen-bond acceptors (Lipinski definition) is 16. The summed E-state index contributed by atoms with van der Waals surface area (Å²) in [5.41, 5.74) is 41.8. The molecule has 10 aromatic carbocycles. The summed E-state index contributed by atoms with van der Waals surface area (Å²) in [6.45, 7) is 6.17. The van der Waals surface area contributed by atoms with E-state index in [1.165, 1.54) is 10.9 Å². The van der Waals surface area contributed by atoms with Crippen molar-refractivity contribution in [2.24, 2.45) is 64.4 Å². The summed E-state index contributed by atoms with van der Waals surface area (Å²) < 4.78 is 16.6. The van der Waals surface area contributed by atoms with Crippen molar-refractivity contribution in [2.75, 3.05) is 7.11 Å². The Hall–Kier alpha value is -14.2. The van der Waals surface area contributed by atoms with Crippen LogP contribution in [0.25, 0.3) is 10.8 Å². The smallest absolute Gasteiger partial charge is 0.250 e. The van der Waals surface area contributed by atoms with Crippen LogP contribution in [-0.4, -0.2) is 79.8 Å². The standard InChI is InChI=1S/C18H14N2O.C17H18N2O.C15H14N2O2.C13H12N2O2.C12H9BrN2OS.C12H10N2O2/c19-18(21)16-7-3-4-8-17(16)20-12-13-9-10-14-5-1-2-6-15(14)11-13;1-12(2)14-9-7-13(8-10-14)11-19-16-6-4-3-5-15(16)17(18)20;1-19-12-8-6-11(7-9-12)10-17-14-5-3-2-4-13(14)15(16)18;1-9-6-7-10(17-9)8-15-12-5-3-2-4-11(12)13(14)16;13-11-6-5-8(17-11)7-15-10-4-2-1-3-9(10)12(14)16;13-12(15)10-5-1-2-6-11(10)14-8-9-4-3-7-16-9/h1-12H,(H2,19,21);3-12H,1-2H3,(H2,18,20);2-10H,1H3,(H2,16,18);2-8H,1H3,(H2,14,16);1-7H,(H2,14,16);1-8H,(H2,13,15). The van der Waals surface area contributed by atoms with Crippen molar-refractivity contribution in [3.8, 4) is 5.75 Å². The Bertz CT molecular complexity index is 5370. The van der Waals surface area contributed by atoms with E-state index in [2.05, 4.69) is 96.1 Å². The van der Waals surface area contributed by atoms with Gasteiger partial charge in [-0.2, -0.15) is 0 Å². The number of hydrogen-bond donors (Lipinski definition) is 6. The number of benzene rings is 10. The quantitative estimate of drug-likeness (QED) is 0.0394. The van der Waals surface area contributed by atoms with E-state index in [0.29, 0.717) is 84.9 Å². The van der Waals surface area contributed by atoms with E-state index in [9.17, 15) is 28.8 Å². The van der Waals surface area contributed by atoms with Crippen molar-refractivity contribution < 1.29 is 42.3 Å². The van der Waals surface area contributed by atoms with Gasteiger partial charge in [-0.05, 0) is 201 Å². The molecule has 3 aromatic heterocycles. The summed E-state index contributed by atoms with van der Waals surface area (Å²) in [5, 5.41) is 2.34. The van der Waals surface area contributed by atoms with Crippen LogP contribution in [0.4, 0.5) is 34.1 Å². The first-order valence-electron chi connectivity index (χ1n) is 33.8. The van der Waals surface area contributed by atoms with Crippen molar-refractivity contribution in [2.45, 2.75) is 26.7 Å². The molecule has 0 bridgehead atoms. The highest BCUT2D eigenvalue weighted by molar-refractivity contribution is 9.11. The lowest BCUT2D eigenvalue weighted by molar-refractivity contribution is 0.0992. The molecule has 110 heavy (non-hydrogen) atoms. The van der Waals surface area contributed by atoms with Crippen LogP contribution in [0.15, 0.2) is 322 Å². The van der Waals surface area contributed by atoms with Crippen LogP contribution >= 0.6 is 27.3 Å². The molecule has 13 rings (SSSR count). The van der Waals surface area contributed by atoms with E-state index in [4.69, 9.17) is 48.0 Å². The summed E-state index contributed by atoms with van der Waals surface area (Å²) in [5.74, 6) is 0.504. The molecule has 0 radical (unpaired) electrons. The molecule has 0 aliphatic rings. The van der Waals surface area contributed by atoms with E-state index < -0.39 is 35.4 Å². The second-order valence-corrected chi connectivity index (χ2v) is 26.1. The lowest BCUT2D eigenvalue weighted by Gasteiger charge is -2.04. The van der Waals surface area contributed by atoms with Gasteiger partial charge in [-0.3, -0.25) is 58.7 Å². The van der Waals surface area contributed by atoms with Gasteiger partial charge in [0.05, 0.1) is 97.1 Å². The number of halogens is 1. The Balaban J connectivity index is 0.000000166. The van der Waals surface area contributed by atoms with Gasteiger partial charge in [0.15, 0.2) is 0 Å². The van der Waals surface area contributed by atoms with Crippen LogP contribution in [0.1, 0.15) is 126 Å². The summed E-state index contributed by atoms with van der Waals surface area (Å²) in [6, 6.07) is 83.0. The number of primary amides is 6. The number of furan rings is 2. The van der Waals surface area contributed by atoms with E-state index in [1.807, 2.05) is 110 Å². The maximum absolute atomic E-state index is 11.4.